The van der Waals surface area contributed by atoms with Crippen molar-refractivity contribution in [2.24, 2.45) is 15.8 Å². The van der Waals surface area contributed by atoms with Crippen molar-refractivity contribution in [1.29, 1.82) is 0 Å². The summed E-state index contributed by atoms with van der Waals surface area (Å²) in [5.74, 6) is -0.168. The Kier molecular flexibility index (Phi) is 8.37. The van der Waals surface area contributed by atoms with Gasteiger partial charge in [0.2, 0.25) is 5.91 Å². The van der Waals surface area contributed by atoms with Gasteiger partial charge in [-0.1, -0.05) is 18.7 Å². The van der Waals surface area contributed by atoms with Gasteiger partial charge in [-0.2, -0.15) is 5.10 Å². The number of methoxy groups -OCH3 is 1. The van der Waals surface area contributed by atoms with Gasteiger partial charge in [0, 0.05) is 24.2 Å². The molecule has 1 aromatic carbocycles. The lowest BCUT2D eigenvalue weighted by Crippen LogP contribution is -2.39. The van der Waals surface area contributed by atoms with Crippen molar-refractivity contribution in [1.82, 2.24) is 10.3 Å². The molecule has 9 nitrogen and oxygen atoms in total. The van der Waals surface area contributed by atoms with E-state index < -0.39 is 5.97 Å². The maximum Gasteiger partial charge on any atom is 0.358 e. The predicted molar refractivity (Wildman–Crippen MR) is 115 cm³/mol. The van der Waals surface area contributed by atoms with E-state index >= 15 is 0 Å². The Labute approximate surface area is 175 Å². The van der Waals surface area contributed by atoms with Crippen LogP contribution in [0.5, 0.6) is 5.75 Å². The minimum absolute atomic E-state index is 0.00593. The minimum atomic E-state index is -0.621. The number of rotatable bonds is 9. The van der Waals surface area contributed by atoms with Crippen LogP contribution in [-0.4, -0.2) is 49.1 Å². The number of esters is 1. The fourth-order valence-corrected chi connectivity index (χ4v) is 2.47. The van der Waals surface area contributed by atoms with Gasteiger partial charge in [0.15, 0.2) is 5.71 Å². The number of amides is 1. The number of carbonyl (C=O) groups excluding carboxylic acids is 2. The van der Waals surface area contributed by atoms with E-state index in [1.54, 1.807) is 26.4 Å². The highest BCUT2D eigenvalue weighted by atomic mass is 16.5. The molecule has 0 saturated heterocycles. The molecule has 0 saturated carbocycles. The largest absolute Gasteiger partial charge is 0.497 e. The molecule has 0 radical (unpaired) electrons. The average molecular weight is 411 g/mol. The molecule has 1 aliphatic rings. The lowest BCUT2D eigenvalue weighted by Gasteiger charge is -2.23. The molecule has 0 aromatic heterocycles. The number of hydrogen-bond acceptors (Lipinski definition) is 8. The lowest BCUT2D eigenvalue weighted by molar-refractivity contribution is -0.135. The second-order valence-electron chi connectivity index (χ2n) is 6.04. The Morgan fingerprint density at radius 3 is 2.70 bits per heavy atom. The first-order chi connectivity index (χ1) is 14.5. The molecule has 3 N–H and O–H groups in total. The van der Waals surface area contributed by atoms with Crippen molar-refractivity contribution in [3.05, 3.63) is 66.2 Å². The number of nitrogens with one attached hydrogen (secondary N) is 1. The highest BCUT2D eigenvalue weighted by Crippen LogP contribution is 2.14. The summed E-state index contributed by atoms with van der Waals surface area (Å²) in [5, 5.41) is 8.17. The number of aliphatic imine (C=N–C) groups is 1. The topological polar surface area (TPSA) is 119 Å². The maximum absolute atomic E-state index is 12.1. The summed E-state index contributed by atoms with van der Waals surface area (Å²) in [6.07, 6.45) is 5.72. The second-order valence-corrected chi connectivity index (χ2v) is 6.04. The van der Waals surface area contributed by atoms with Crippen molar-refractivity contribution >= 4 is 23.8 Å². The molecule has 158 valence electrons. The van der Waals surface area contributed by atoms with Crippen LogP contribution in [0.15, 0.2) is 70.7 Å². The summed E-state index contributed by atoms with van der Waals surface area (Å²) >= 11 is 0. The Bertz CT molecular complexity index is 900. The number of nitrogens with zero attached hydrogens (tertiary/aromatic N) is 3. The van der Waals surface area contributed by atoms with Crippen LogP contribution in [0.2, 0.25) is 0 Å². The normalized spacial score (nSPS) is 14.9. The maximum atomic E-state index is 12.1. The molecular weight excluding hydrogens is 386 g/mol. The van der Waals surface area contributed by atoms with Crippen molar-refractivity contribution in [3.8, 4) is 5.75 Å². The van der Waals surface area contributed by atoms with E-state index in [0.29, 0.717) is 17.8 Å². The fourth-order valence-electron chi connectivity index (χ4n) is 2.47. The molecule has 1 aromatic rings. The Morgan fingerprint density at radius 2 is 2.10 bits per heavy atom. The molecule has 0 bridgehead atoms. The average Bonchev–Trinajstić information content (AvgIpc) is 2.75. The summed E-state index contributed by atoms with van der Waals surface area (Å²) < 4.78 is 10.0. The van der Waals surface area contributed by atoms with Gasteiger partial charge in [0.05, 0.1) is 26.0 Å². The van der Waals surface area contributed by atoms with Crippen LogP contribution in [0.25, 0.3) is 0 Å². The standard InChI is InChI=1S/C21H25N5O4/c1-4-18(21(28)30-5-2)25-26-13-19(24-20(27)14-26)16(10-22)12-23-11-15-6-8-17(29-3)9-7-15/h4,6-10,12-13H,1,5,11,14,22H2,2-3H3,(H,24,27)/b16-10?,23-12?,25-18+. The van der Waals surface area contributed by atoms with Crippen LogP contribution in [0.3, 0.4) is 0 Å². The van der Waals surface area contributed by atoms with E-state index in [1.807, 2.05) is 24.3 Å². The van der Waals surface area contributed by atoms with Crippen molar-refractivity contribution in [2.75, 3.05) is 20.3 Å². The van der Waals surface area contributed by atoms with Crippen LogP contribution in [0.4, 0.5) is 0 Å². The number of ether oxygens (including phenoxy) is 2. The van der Waals surface area contributed by atoms with Gasteiger partial charge in [0.1, 0.15) is 12.3 Å². The van der Waals surface area contributed by atoms with Crippen LogP contribution in [0, 0.1) is 0 Å². The summed E-state index contributed by atoms with van der Waals surface area (Å²) in [5.41, 5.74) is 7.60. The predicted octanol–water partition coefficient (Wildman–Crippen LogP) is 1.49. The zero-order chi connectivity index (χ0) is 21.9. The smallest absolute Gasteiger partial charge is 0.358 e. The third kappa shape index (κ3) is 6.33. The number of nitrogens with two attached hydrogens (primary N) is 1. The van der Waals surface area contributed by atoms with E-state index in [9.17, 15) is 9.59 Å². The van der Waals surface area contributed by atoms with Gasteiger partial charge in [0.25, 0.3) is 0 Å². The number of allylic oxidation sites excluding steroid dienone is 1. The number of hydrogen-bond donors (Lipinski definition) is 2. The molecule has 0 unspecified atom stereocenters. The summed E-state index contributed by atoms with van der Waals surface area (Å²) in [6, 6.07) is 7.52. The fraction of sp³-hybridized carbons (Fsp3) is 0.238. The van der Waals surface area contributed by atoms with Crippen LogP contribution < -0.4 is 15.8 Å². The first-order valence-electron chi connectivity index (χ1n) is 9.22. The van der Waals surface area contributed by atoms with Gasteiger partial charge < -0.3 is 20.5 Å². The van der Waals surface area contributed by atoms with Crippen LogP contribution in [-0.2, 0) is 20.9 Å². The highest BCUT2D eigenvalue weighted by molar-refractivity contribution is 6.41. The first kappa shape index (κ1) is 22.4. The van der Waals surface area contributed by atoms with E-state index in [1.165, 1.54) is 17.3 Å². The molecular formula is C21H25N5O4. The van der Waals surface area contributed by atoms with Crippen molar-refractivity contribution in [3.63, 3.8) is 0 Å². The zero-order valence-corrected chi connectivity index (χ0v) is 17.0. The van der Waals surface area contributed by atoms with E-state index in [-0.39, 0.29) is 24.8 Å². The molecule has 1 amide bonds. The Hall–Kier alpha value is -3.88. The molecule has 1 heterocycles. The lowest BCUT2D eigenvalue weighted by atomic mass is 10.2. The van der Waals surface area contributed by atoms with Gasteiger partial charge in [-0.25, -0.2) is 4.79 Å². The third-order valence-electron chi connectivity index (χ3n) is 3.93. The quantitative estimate of drug-likeness (QED) is 0.469. The molecule has 0 aliphatic carbocycles. The number of benzene rings is 1. The van der Waals surface area contributed by atoms with Crippen LogP contribution >= 0.6 is 0 Å². The van der Waals surface area contributed by atoms with E-state index in [2.05, 4.69) is 22.0 Å². The number of carbonyl (C=O) groups is 2. The highest BCUT2D eigenvalue weighted by Gasteiger charge is 2.20. The second kappa shape index (κ2) is 11.2. The van der Waals surface area contributed by atoms with Crippen molar-refractivity contribution in [2.45, 2.75) is 13.5 Å². The van der Waals surface area contributed by atoms with Gasteiger partial charge in [-0.3, -0.25) is 14.8 Å². The molecule has 30 heavy (non-hydrogen) atoms. The van der Waals surface area contributed by atoms with Gasteiger partial charge in [-0.15, -0.1) is 0 Å². The monoisotopic (exact) mass is 411 g/mol. The van der Waals surface area contributed by atoms with E-state index in [4.69, 9.17) is 15.2 Å². The zero-order valence-electron chi connectivity index (χ0n) is 17.0. The molecule has 1 aliphatic heterocycles. The van der Waals surface area contributed by atoms with Gasteiger partial charge in [-0.05, 0) is 30.7 Å². The summed E-state index contributed by atoms with van der Waals surface area (Å²) in [7, 11) is 1.61. The van der Waals surface area contributed by atoms with E-state index in [0.717, 1.165) is 11.3 Å². The Balaban J connectivity index is 2.15. The summed E-state index contributed by atoms with van der Waals surface area (Å²) in [6.45, 7) is 5.81. The molecule has 9 heteroatoms. The molecule has 0 atom stereocenters. The number of hydrazone groups is 1. The SMILES string of the molecule is C=C/C(=N\N1C=C(C(C=NCc2ccc(OC)cc2)=CN)NC(=O)C1)C(=O)OCC. The van der Waals surface area contributed by atoms with Gasteiger partial charge >= 0.3 is 5.97 Å². The minimum Gasteiger partial charge on any atom is -0.497 e. The third-order valence-corrected chi connectivity index (χ3v) is 3.93. The first-order valence-corrected chi connectivity index (χ1v) is 9.22. The molecule has 0 spiro atoms. The van der Waals surface area contributed by atoms with Crippen LogP contribution in [0.1, 0.15) is 12.5 Å². The van der Waals surface area contributed by atoms with Crippen molar-refractivity contribution < 1.29 is 19.1 Å². The Morgan fingerprint density at radius 1 is 1.37 bits per heavy atom. The molecule has 0 fully saturated rings. The summed E-state index contributed by atoms with van der Waals surface area (Å²) in [4.78, 5) is 28.4. The molecule has 2 rings (SSSR count).